The lowest BCUT2D eigenvalue weighted by Gasteiger charge is -2.36. The van der Waals surface area contributed by atoms with E-state index in [9.17, 15) is 43.4 Å². The first-order chi connectivity index (χ1) is 21.3. The Morgan fingerprint density at radius 1 is 0.848 bits per heavy atom. The first-order valence-corrected chi connectivity index (χ1v) is 16.4. The largest absolute Gasteiger partial charge is 0.466 e. The molecule has 0 aliphatic heterocycles. The van der Waals surface area contributed by atoms with Crippen LogP contribution < -0.4 is 21.7 Å². The standard InChI is InChI=1S/C28H41F5N4O8S/c1-3-43-24(38)16-15-23(27(41)44-4-2)37-26(40)22(36-25(39)21(34)13-10-18-46(29,30,31,32)33)14-8-9-17-35-28(42)45-19-20-11-6-5-7-12-20/h5-7,10-12,18,21-23H,3-4,8-9,13-17,19,34H2,1-2H3,(H,35,42)(H,36,39)(H,37,40)/b18-10+/t21?,22-,23-/m0/s1. The molecule has 0 heterocycles. The van der Waals surface area contributed by atoms with Crippen molar-refractivity contribution in [2.75, 3.05) is 19.8 Å². The van der Waals surface area contributed by atoms with E-state index in [-0.39, 0.29) is 64.5 Å². The zero-order valence-electron chi connectivity index (χ0n) is 25.5. The van der Waals surface area contributed by atoms with Gasteiger partial charge in [-0.25, -0.2) is 9.59 Å². The average Bonchev–Trinajstić information content (AvgIpc) is 2.96. The van der Waals surface area contributed by atoms with Gasteiger partial charge in [-0.05, 0) is 51.5 Å². The predicted molar refractivity (Wildman–Crippen MR) is 160 cm³/mol. The fourth-order valence-corrected chi connectivity index (χ4v) is 4.21. The minimum Gasteiger partial charge on any atom is -0.466 e. The van der Waals surface area contributed by atoms with Crippen LogP contribution in [0.4, 0.5) is 24.2 Å². The molecular formula is C28H41F5N4O8S. The van der Waals surface area contributed by atoms with Gasteiger partial charge in [0, 0.05) is 13.0 Å². The van der Waals surface area contributed by atoms with E-state index in [2.05, 4.69) is 16.0 Å². The van der Waals surface area contributed by atoms with Gasteiger partial charge in [0.05, 0.1) is 24.7 Å². The third kappa shape index (κ3) is 18.8. The summed E-state index contributed by atoms with van der Waals surface area (Å²) in [5.74, 6) is -3.56. The van der Waals surface area contributed by atoms with Gasteiger partial charge >= 0.3 is 28.3 Å². The Morgan fingerprint density at radius 2 is 1.48 bits per heavy atom. The lowest BCUT2D eigenvalue weighted by Crippen LogP contribution is -2.54. The zero-order valence-corrected chi connectivity index (χ0v) is 26.3. The van der Waals surface area contributed by atoms with E-state index in [4.69, 9.17) is 19.9 Å². The maximum atomic E-state index is 13.2. The lowest BCUT2D eigenvalue weighted by atomic mass is 10.1. The van der Waals surface area contributed by atoms with E-state index in [1.165, 1.54) is 6.92 Å². The van der Waals surface area contributed by atoms with Gasteiger partial charge in [-0.15, -0.1) is 0 Å². The Kier molecular flexibility index (Phi) is 15.4. The second-order valence-corrected chi connectivity index (χ2v) is 12.3. The Bertz CT molecular complexity index is 1210. The van der Waals surface area contributed by atoms with Gasteiger partial charge in [-0.1, -0.05) is 55.8 Å². The Hall–Kier alpha value is -3.93. The summed E-state index contributed by atoms with van der Waals surface area (Å²) in [6.07, 6.45) is -1.69. The SMILES string of the molecule is CCOC(=O)CC[C@H](NC(=O)[C@H](CCCCNC(=O)OCc1ccccc1)NC(=O)C(N)C/C=C/S(F)(F)(F)(F)F)C(=O)OCC. The van der Waals surface area contributed by atoms with Crippen molar-refractivity contribution in [1.29, 1.82) is 0 Å². The van der Waals surface area contributed by atoms with Crippen molar-refractivity contribution in [1.82, 2.24) is 16.0 Å². The molecule has 0 aromatic heterocycles. The highest BCUT2D eigenvalue weighted by Crippen LogP contribution is 2.99. The number of rotatable bonds is 20. The Balaban J connectivity index is 2.88. The molecule has 1 unspecified atom stereocenters. The van der Waals surface area contributed by atoms with Crippen molar-refractivity contribution >= 4 is 40.1 Å². The van der Waals surface area contributed by atoms with Crippen LogP contribution in [0, 0.1) is 0 Å². The molecule has 1 rings (SSSR count). The fourth-order valence-electron chi connectivity index (χ4n) is 3.74. The number of halogens is 5. The number of esters is 2. The smallest absolute Gasteiger partial charge is 0.407 e. The van der Waals surface area contributed by atoms with Crippen LogP contribution in [-0.2, 0) is 40.0 Å². The molecule has 3 amide bonds. The molecule has 3 atom stereocenters. The predicted octanol–water partition coefficient (Wildman–Crippen LogP) is 4.49. The first kappa shape index (κ1) is 40.1. The van der Waals surface area contributed by atoms with Crippen LogP contribution in [0.2, 0.25) is 0 Å². The number of carbonyl (C=O) groups is 5. The number of amides is 3. The van der Waals surface area contributed by atoms with Crippen LogP contribution in [0.25, 0.3) is 0 Å². The summed E-state index contributed by atoms with van der Waals surface area (Å²) in [4.78, 5) is 62.0. The monoisotopic (exact) mass is 688 g/mol. The van der Waals surface area contributed by atoms with E-state index < -0.39 is 70.0 Å². The van der Waals surface area contributed by atoms with Crippen LogP contribution in [-0.4, -0.2) is 67.7 Å². The molecule has 0 radical (unpaired) electrons. The van der Waals surface area contributed by atoms with Crippen LogP contribution in [0.3, 0.4) is 0 Å². The number of nitrogens with one attached hydrogen (secondary N) is 3. The van der Waals surface area contributed by atoms with Crippen LogP contribution in [0.15, 0.2) is 41.8 Å². The van der Waals surface area contributed by atoms with Gasteiger partial charge in [0.2, 0.25) is 11.8 Å². The van der Waals surface area contributed by atoms with Gasteiger partial charge < -0.3 is 35.9 Å². The van der Waals surface area contributed by atoms with Gasteiger partial charge in [-0.2, -0.15) is 0 Å². The molecule has 1 aromatic rings. The summed E-state index contributed by atoms with van der Waals surface area (Å²) in [5.41, 5.74) is 6.35. The summed E-state index contributed by atoms with van der Waals surface area (Å²) >= 11 is 0. The maximum Gasteiger partial charge on any atom is 0.407 e. The highest BCUT2D eigenvalue weighted by molar-refractivity contribution is 8.48. The minimum atomic E-state index is -9.87. The molecule has 46 heavy (non-hydrogen) atoms. The van der Waals surface area contributed by atoms with Gasteiger partial charge in [0.1, 0.15) is 18.7 Å². The van der Waals surface area contributed by atoms with Crippen molar-refractivity contribution < 1.29 is 57.6 Å². The number of nitrogens with two attached hydrogens (primary N) is 1. The third-order valence-electron chi connectivity index (χ3n) is 5.94. The molecule has 0 fully saturated rings. The number of carbonyl (C=O) groups excluding carboxylic acids is 5. The lowest BCUT2D eigenvalue weighted by molar-refractivity contribution is -0.149. The van der Waals surface area contributed by atoms with E-state index >= 15 is 0 Å². The van der Waals surface area contributed by atoms with Crippen LogP contribution >= 0.6 is 10.2 Å². The minimum absolute atomic E-state index is 0.0234. The van der Waals surface area contributed by atoms with Crippen molar-refractivity contribution in [3.8, 4) is 0 Å². The molecule has 0 spiro atoms. The molecule has 0 saturated heterocycles. The third-order valence-corrected chi connectivity index (χ3v) is 6.65. The first-order valence-electron chi connectivity index (χ1n) is 14.4. The molecule has 0 aliphatic carbocycles. The number of alkyl carbamates (subject to hydrolysis) is 1. The molecular weight excluding hydrogens is 647 g/mol. The molecule has 0 aliphatic rings. The number of hydrogen-bond donors (Lipinski definition) is 4. The molecule has 1 aromatic carbocycles. The second kappa shape index (κ2) is 17.7. The number of unbranched alkanes of at least 4 members (excludes halogenated alkanes) is 1. The van der Waals surface area contributed by atoms with Crippen LogP contribution in [0.1, 0.15) is 57.9 Å². The van der Waals surface area contributed by atoms with E-state index in [0.29, 0.717) is 0 Å². The highest BCUT2D eigenvalue weighted by atomic mass is 32.5. The summed E-state index contributed by atoms with van der Waals surface area (Å²) < 4.78 is 77.7. The number of benzene rings is 1. The van der Waals surface area contributed by atoms with E-state index in [1.807, 2.05) is 0 Å². The number of ether oxygens (including phenoxy) is 3. The quantitative estimate of drug-likeness (QED) is 0.0666. The molecule has 5 N–H and O–H groups in total. The van der Waals surface area contributed by atoms with E-state index in [0.717, 1.165) is 5.56 Å². The van der Waals surface area contributed by atoms with Crippen molar-refractivity contribution in [3.63, 3.8) is 0 Å². The van der Waals surface area contributed by atoms with Gasteiger partial charge in [0.25, 0.3) is 0 Å². The van der Waals surface area contributed by atoms with Crippen LogP contribution in [0.5, 0.6) is 0 Å². The molecule has 18 heteroatoms. The van der Waals surface area contributed by atoms with E-state index in [1.54, 1.807) is 37.3 Å². The highest BCUT2D eigenvalue weighted by Gasteiger charge is 2.60. The van der Waals surface area contributed by atoms with Crippen molar-refractivity contribution in [2.24, 2.45) is 5.73 Å². The molecule has 12 nitrogen and oxygen atoms in total. The molecule has 0 bridgehead atoms. The fraction of sp³-hybridized carbons (Fsp3) is 0.536. The average molecular weight is 689 g/mol. The van der Waals surface area contributed by atoms with Crippen molar-refractivity contribution in [2.45, 2.75) is 77.1 Å². The second-order valence-electron chi connectivity index (χ2n) is 9.95. The normalized spacial score (nSPS) is 15.0. The summed E-state index contributed by atoms with van der Waals surface area (Å²) in [6, 6.07) is 4.44. The topological polar surface area (TPSA) is 175 Å². The number of hydrogen-bond acceptors (Lipinski definition) is 9. The van der Waals surface area contributed by atoms with Gasteiger partial charge in [-0.3, -0.25) is 14.4 Å². The summed E-state index contributed by atoms with van der Waals surface area (Å²) in [6.45, 7) is 3.28. The maximum absolute atomic E-state index is 13.2. The Morgan fingerprint density at radius 3 is 2.09 bits per heavy atom. The summed E-state index contributed by atoms with van der Waals surface area (Å²) in [7, 11) is -9.87. The van der Waals surface area contributed by atoms with Crippen molar-refractivity contribution in [3.05, 3.63) is 47.4 Å². The Labute approximate surface area is 263 Å². The summed E-state index contributed by atoms with van der Waals surface area (Å²) in [5, 5.41) is 5.95. The molecule has 262 valence electrons. The zero-order chi connectivity index (χ0) is 34.9. The molecule has 0 saturated carbocycles. The van der Waals surface area contributed by atoms with Gasteiger partial charge in [0.15, 0.2) is 0 Å².